The van der Waals surface area contributed by atoms with Crippen molar-refractivity contribution in [3.8, 4) is 21.4 Å². The summed E-state index contributed by atoms with van der Waals surface area (Å²) in [5, 5.41) is 14.2. The van der Waals surface area contributed by atoms with Crippen LogP contribution in [0, 0.1) is 34.1 Å². The molecule has 3 aromatic carbocycles. The molecule has 184 valence electrons. The maximum Gasteiger partial charge on any atom is 0.198 e. The Morgan fingerprint density at radius 2 is 1.08 bits per heavy atom. The minimum absolute atomic E-state index is 0.0192. The van der Waals surface area contributed by atoms with Crippen molar-refractivity contribution in [1.82, 2.24) is 19.9 Å². The second kappa shape index (κ2) is 7.86. The molecule has 0 bridgehead atoms. The number of hydrogen-bond acceptors (Lipinski definition) is 5. The van der Waals surface area contributed by atoms with Gasteiger partial charge in [-0.2, -0.15) is 0 Å². The van der Waals surface area contributed by atoms with Crippen LogP contribution in [0.2, 0.25) is 0 Å². The molecule has 3 aromatic heterocycles. The lowest BCUT2D eigenvalue weighted by atomic mass is 10.1. The Labute approximate surface area is 208 Å². The molecule has 0 saturated carbocycles. The van der Waals surface area contributed by atoms with Crippen molar-refractivity contribution in [3.63, 3.8) is 0 Å². The van der Waals surface area contributed by atoms with E-state index in [1.807, 2.05) is 0 Å². The molecule has 0 aliphatic carbocycles. The Balaban J connectivity index is 1.65. The van der Waals surface area contributed by atoms with Gasteiger partial charge in [-0.3, -0.25) is 10.8 Å². The number of nitrogens with zero attached hydrogens (tertiary/aromatic N) is 2. The third-order valence-electron chi connectivity index (χ3n) is 5.94. The number of nitrogens with one attached hydrogen (secondary N) is 4. The number of nitrogens with two attached hydrogens (primary N) is 2. The van der Waals surface area contributed by atoms with Gasteiger partial charge in [-0.1, -0.05) is 0 Å². The summed E-state index contributed by atoms with van der Waals surface area (Å²) in [6, 6.07) is 9.48. The third kappa shape index (κ3) is 3.35. The molecule has 0 saturated heterocycles. The van der Waals surface area contributed by atoms with E-state index in [-0.39, 0.29) is 33.1 Å². The Kier molecular flexibility index (Phi) is 4.82. The lowest BCUT2D eigenvalue weighted by Gasteiger charge is -2.03. The Morgan fingerprint density at radius 1 is 0.676 bits per heavy atom. The maximum atomic E-state index is 15.2. The van der Waals surface area contributed by atoms with Gasteiger partial charge in [0.05, 0.1) is 31.8 Å². The van der Waals surface area contributed by atoms with Gasteiger partial charge in [-0.05, 0) is 36.4 Å². The van der Waals surface area contributed by atoms with Crippen molar-refractivity contribution in [2.24, 2.45) is 11.5 Å². The number of nitrogen functional groups attached to an aromatic ring is 2. The highest BCUT2D eigenvalue weighted by molar-refractivity contribution is 7.20. The summed E-state index contributed by atoms with van der Waals surface area (Å²) in [6.07, 6.45) is 0. The van der Waals surface area contributed by atoms with Crippen molar-refractivity contribution in [2.45, 2.75) is 0 Å². The topological polar surface area (TPSA) is 157 Å². The molecule has 6 aromatic rings. The highest BCUT2D eigenvalue weighted by atomic mass is 32.1. The number of halogens is 4. The number of aromatic amines is 2. The van der Waals surface area contributed by atoms with E-state index >= 15 is 8.78 Å². The monoisotopic (exact) mass is 522 g/mol. The zero-order valence-corrected chi connectivity index (χ0v) is 19.2. The van der Waals surface area contributed by atoms with Gasteiger partial charge >= 0.3 is 0 Å². The number of benzene rings is 3. The van der Waals surface area contributed by atoms with Crippen LogP contribution in [0.3, 0.4) is 0 Å². The number of aromatic nitrogens is 4. The molecule has 0 unspecified atom stereocenters. The summed E-state index contributed by atoms with van der Waals surface area (Å²) < 4.78 is 59.0. The number of H-pyrrole nitrogens is 2. The predicted octanol–water partition coefficient (Wildman–Crippen LogP) is 5.11. The number of thiophene rings is 1. The van der Waals surface area contributed by atoms with Crippen molar-refractivity contribution >= 4 is 55.8 Å². The third-order valence-corrected chi connectivity index (χ3v) is 7.15. The number of hydrogen-bond donors (Lipinski definition) is 6. The first-order valence-corrected chi connectivity index (χ1v) is 11.4. The molecule has 0 aliphatic heterocycles. The molecule has 3 heterocycles. The van der Waals surface area contributed by atoms with Crippen LogP contribution in [0.5, 0.6) is 0 Å². The van der Waals surface area contributed by atoms with Crippen molar-refractivity contribution in [2.75, 3.05) is 0 Å². The molecule has 0 atom stereocenters. The van der Waals surface area contributed by atoms with E-state index in [0.29, 0.717) is 33.2 Å². The predicted molar refractivity (Wildman–Crippen MR) is 134 cm³/mol. The van der Waals surface area contributed by atoms with E-state index in [9.17, 15) is 8.78 Å². The van der Waals surface area contributed by atoms with E-state index in [1.54, 1.807) is 24.3 Å². The zero-order chi connectivity index (χ0) is 26.2. The summed E-state index contributed by atoms with van der Waals surface area (Å²) in [4.78, 5) is 14.8. The molecule has 6 rings (SSSR count). The average molecular weight is 522 g/mol. The lowest BCUT2D eigenvalue weighted by Crippen LogP contribution is -2.10. The van der Waals surface area contributed by atoms with Crippen LogP contribution in [-0.2, 0) is 0 Å². The van der Waals surface area contributed by atoms with Crippen LogP contribution in [-0.4, -0.2) is 31.6 Å². The number of fused-ring (bicyclic) bond motifs is 3. The summed E-state index contributed by atoms with van der Waals surface area (Å²) >= 11 is 0.841. The molecule has 0 fully saturated rings. The minimum Gasteiger partial charge on any atom is -0.384 e. The first-order valence-electron chi connectivity index (χ1n) is 10.6. The fourth-order valence-electron chi connectivity index (χ4n) is 4.16. The zero-order valence-electron chi connectivity index (χ0n) is 18.4. The number of amidine groups is 2. The smallest absolute Gasteiger partial charge is 0.198 e. The van der Waals surface area contributed by atoms with Crippen molar-refractivity contribution < 1.29 is 17.6 Å². The van der Waals surface area contributed by atoms with Crippen LogP contribution >= 0.6 is 11.3 Å². The molecule has 8 N–H and O–H groups in total. The standard InChI is InChI=1S/C24H14F4N8S/c25-15-13-14(16(26)18(28)17(15)27)20(24-34-10-4-2-8(22(31)32)6-12(10)36-24)37-19(13)23-33-9-3-1-7(21(29)30)5-11(9)35-23/h1-6H,(H3,29,30)(H3,31,32)(H,33,35)(H,34,36). The van der Waals surface area contributed by atoms with Gasteiger partial charge in [0.25, 0.3) is 0 Å². The van der Waals surface area contributed by atoms with Gasteiger partial charge < -0.3 is 21.4 Å². The normalized spacial score (nSPS) is 11.7. The van der Waals surface area contributed by atoms with Crippen LogP contribution in [0.4, 0.5) is 17.6 Å². The van der Waals surface area contributed by atoms with Crippen molar-refractivity contribution in [3.05, 3.63) is 70.8 Å². The van der Waals surface area contributed by atoms with Crippen LogP contribution in [0.25, 0.3) is 54.2 Å². The van der Waals surface area contributed by atoms with Crippen LogP contribution in [0.15, 0.2) is 36.4 Å². The Hall–Kier alpha value is -4.78. The fourth-order valence-corrected chi connectivity index (χ4v) is 5.34. The summed E-state index contributed by atoms with van der Waals surface area (Å²) in [6.45, 7) is 0. The van der Waals surface area contributed by atoms with Gasteiger partial charge in [0.2, 0.25) is 0 Å². The molecule has 13 heteroatoms. The highest BCUT2D eigenvalue weighted by Crippen LogP contribution is 2.46. The lowest BCUT2D eigenvalue weighted by molar-refractivity contribution is 0.418. The second-order valence-electron chi connectivity index (χ2n) is 8.23. The van der Waals surface area contributed by atoms with Gasteiger partial charge in [0.15, 0.2) is 23.3 Å². The highest BCUT2D eigenvalue weighted by Gasteiger charge is 2.30. The summed E-state index contributed by atoms with van der Waals surface area (Å²) in [7, 11) is 0. The molecule has 0 spiro atoms. The quantitative estimate of drug-likeness (QED) is 0.0625. The minimum atomic E-state index is -1.94. The van der Waals surface area contributed by atoms with E-state index < -0.39 is 34.0 Å². The molecule has 37 heavy (non-hydrogen) atoms. The summed E-state index contributed by atoms with van der Waals surface area (Å²) in [5.41, 5.74) is 13.7. The van der Waals surface area contributed by atoms with Gasteiger partial charge in [-0.25, -0.2) is 27.5 Å². The maximum absolute atomic E-state index is 15.2. The fraction of sp³-hybridized carbons (Fsp3) is 0. The largest absolute Gasteiger partial charge is 0.384 e. The SMILES string of the molecule is N=C(N)c1ccc2[nH]c(-c3sc(-c4nc5cc(C(=N)N)ccc5[nH]4)c4c(F)c(F)c(F)c(F)c34)nc2c1. The molecule has 0 amide bonds. The van der Waals surface area contributed by atoms with Gasteiger partial charge in [0.1, 0.15) is 23.3 Å². The Morgan fingerprint density at radius 3 is 1.46 bits per heavy atom. The molecular weight excluding hydrogens is 508 g/mol. The first kappa shape index (κ1) is 22.7. The Bertz CT molecular complexity index is 1810. The van der Waals surface area contributed by atoms with E-state index in [1.165, 1.54) is 12.1 Å². The van der Waals surface area contributed by atoms with Gasteiger partial charge in [0, 0.05) is 21.9 Å². The van der Waals surface area contributed by atoms with E-state index in [2.05, 4.69) is 19.9 Å². The molecule has 8 nitrogen and oxygen atoms in total. The first-order chi connectivity index (χ1) is 17.6. The van der Waals surface area contributed by atoms with Crippen LogP contribution < -0.4 is 11.5 Å². The van der Waals surface area contributed by atoms with Gasteiger partial charge in [-0.15, -0.1) is 11.3 Å². The van der Waals surface area contributed by atoms with Crippen molar-refractivity contribution in [1.29, 1.82) is 10.8 Å². The summed E-state index contributed by atoms with van der Waals surface area (Å²) in [5.74, 6) is -7.22. The van der Waals surface area contributed by atoms with E-state index in [4.69, 9.17) is 22.3 Å². The van der Waals surface area contributed by atoms with Crippen LogP contribution in [0.1, 0.15) is 11.1 Å². The molecule has 0 radical (unpaired) electrons. The van der Waals surface area contributed by atoms with E-state index in [0.717, 1.165) is 11.3 Å². The second-order valence-corrected chi connectivity index (χ2v) is 9.25. The molecular formula is C24H14F4N8S. The number of rotatable bonds is 4. The number of imidazole rings is 2. The molecule has 0 aliphatic rings. The average Bonchev–Trinajstić information content (AvgIpc) is 3.59.